The molecule has 436 valence electrons. The van der Waals surface area contributed by atoms with Crippen molar-refractivity contribution in [2.75, 3.05) is 51.4 Å². The van der Waals surface area contributed by atoms with Crippen LogP contribution in [0.2, 0.25) is 129 Å². The first-order valence-corrected chi connectivity index (χ1v) is 55.2. The van der Waals surface area contributed by atoms with Gasteiger partial charge < -0.3 is 56.6 Å². The second-order valence-corrected chi connectivity index (χ2v) is 61.0. The number of hydrogen-bond acceptors (Lipinski definition) is 15. The topological polar surface area (TPSA) is 195 Å². The largest absolute Gasteiger partial charge is 1.00 e. The maximum atomic E-state index is 10.6. The average Bonchev–Trinajstić information content (AvgIpc) is 3.26. The van der Waals surface area contributed by atoms with Crippen LogP contribution < -0.4 is 46.5 Å². The van der Waals surface area contributed by atoms with Crippen LogP contribution in [0.1, 0.15) is 25.7 Å². The van der Waals surface area contributed by atoms with Gasteiger partial charge >= 0.3 is 29.6 Å². The summed E-state index contributed by atoms with van der Waals surface area (Å²) in [7, 11) is -4.97. The number of nitrogens with zero attached hydrogens (tertiary/aromatic N) is 1. The van der Waals surface area contributed by atoms with Crippen molar-refractivity contribution >= 4 is 157 Å². The van der Waals surface area contributed by atoms with E-state index in [0.717, 1.165) is 109 Å². The van der Waals surface area contributed by atoms with E-state index in [1.54, 1.807) is 18.5 Å². The Kier molecular flexibility index (Phi) is 79.7. The standard InChI is InChI=1S/C8H24O2Si3.C6H18O4SSi2.C6H14OSi.C5H15BrOSi2.C5H5N.C5H16O2Si2.C2H10OSi2.CH3ClO2S.CH4O.BrH.Na/c1-12(2,3)9-7-6-8-13(4,5)10-11;1-11(7,8)9-5-4-6-13(2,3)10-12;1-5-6-7-8(2,3)4;1-9(2,7-8)5-3-4-6;1-2-4-6-5-3-1;1-9(2,7-8)5-3-4-6;1-5(2)3-4;1-5(2,3)4;1-2;;/h6-8H2,1-5,11H3;4-6H2,1-3,12H3;5H,1,6H2,2-4H3;3-5H2,1-2,8H3;1-5H;6H,3-5H2,1-2,8H3;5H,1-2,4H3;1H3;2H,1H3;1H;/q;;;;;;;;;;+1/p-1. The Bertz CT molecular complexity index is 1440. The van der Waals surface area contributed by atoms with Gasteiger partial charge in [-0.15, -0.1) is 6.58 Å². The van der Waals surface area contributed by atoms with E-state index in [2.05, 4.69) is 147 Å². The fourth-order valence-corrected chi connectivity index (χ4v) is 13.5. The molecule has 1 rings (SSSR count). The van der Waals surface area contributed by atoms with Crippen LogP contribution in [0.25, 0.3) is 0 Å². The van der Waals surface area contributed by atoms with E-state index < -0.39 is 78.1 Å². The second kappa shape index (κ2) is 58.9. The molecule has 0 fully saturated rings. The van der Waals surface area contributed by atoms with Crippen LogP contribution >= 0.6 is 26.6 Å². The van der Waals surface area contributed by atoms with Crippen LogP contribution in [0.4, 0.5) is 0 Å². The van der Waals surface area contributed by atoms with Gasteiger partial charge in [0.05, 0.1) is 25.7 Å². The molecule has 0 aromatic carbocycles. The summed E-state index contributed by atoms with van der Waals surface area (Å²) < 4.78 is 82.8. The summed E-state index contributed by atoms with van der Waals surface area (Å²) in [6.45, 7) is 41.1. The number of alkyl halides is 1. The number of aliphatic hydroxyl groups is 2. The van der Waals surface area contributed by atoms with Crippen molar-refractivity contribution in [2.45, 2.75) is 155 Å². The molecule has 0 saturated heterocycles. The molecule has 0 radical (unpaired) electrons. The summed E-state index contributed by atoms with van der Waals surface area (Å²) in [4.78, 5) is 3.78. The summed E-state index contributed by atoms with van der Waals surface area (Å²) in [5, 5.41) is 16.6. The van der Waals surface area contributed by atoms with Crippen LogP contribution in [0, 0.1) is 0 Å². The van der Waals surface area contributed by atoms with Crippen LogP contribution in [-0.4, -0.2) is 195 Å². The number of pyridine rings is 1. The molecule has 0 saturated carbocycles. The molecule has 0 bridgehead atoms. The molecule has 1 heterocycles. The van der Waals surface area contributed by atoms with Gasteiger partial charge in [-0.05, 0) is 167 Å². The molecule has 1 aromatic heterocycles. The van der Waals surface area contributed by atoms with E-state index in [4.69, 9.17) is 39.6 Å². The molecular weight excluding hydrogens is 1330 g/mol. The van der Waals surface area contributed by atoms with Crippen molar-refractivity contribution in [3.05, 3.63) is 43.2 Å². The molecule has 0 amide bonds. The van der Waals surface area contributed by atoms with E-state index >= 15 is 0 Å². The van der Waals surface area contributed by atoms with Gasteiger partial charge in [0.25, 0.3) is 10.1 Å². The second-order valence-electron chi connectivity index (χ2n) is 19.9. The smallest absolute Gasteiger partial charge is 1.00 e. The van der Waals surface area contributed by atoms with Gasteiger partial charge in [0.1, 0.15) is 52.4 Å². The van der Waals surface area contributed by atoms with Crippen LogP contribution in [0.3, 0.4) is 0 Å². The number of aliphatic hydroxyl groups excluding tert-OH is 2. The molecule has 0 atom stereocenters. The average molecular weight is 1440 g/mol. The number of rotatable bonds is 24. The summed E-state index contributed by atoms with van der Waals surface area (Å²) in [5.74, 6) is 0. The Morgan fingerprint density at radius 2 is 0.944 bits per heavy atom. The zero-order valence-corrected chi connectivity index (χ0v) is 74.8. The molecular formula is C39H109Br2ClNNaO14S2Si12. The van der Waals surface area contributed by atoms with Crippen LogP contribution in [-0.2, 0) is 52.8 Å². The van der Waals surface area contributed by atoms with Gasteiger partial charge in [-0.1, -0.05) is 28.1 Å². The molecule has 33 heteroatoms. The summed E-state index contributed by atoms with van der Waals surface area (Å²) in [6, 6.07) is 10.3. The predicted octanol–water partition coefficient (Wildman–Crippen LogP) is -1.10. The Morgan fingerprint density at radius 1 is 0.639 bits per heavy atom. The fourth-order valence-electron chi connectivity index (χ4n) is 3.61. The van der Waals surface area contributed by atoms with Crippen molar-refractivity contribution < 1.29 is 107 Å². The number of aromatic nitrogens is 1. The first-order chi connectivity index (χ1) is 31.6. The maximum absolute atomic E-state index is 10.6. The van der Waals surface area contributed by atoms with Crippen LogP contribution in [0.5, 0.6) is 0 Å². The molecule has 15 nitrogen and oxygen atoms in total. The molecule has 2 N–H and O–H groups in total. The molecule has 0 aliphatic heterocycles. The Balaban J connectivity index is -0.0000000771. The Labute approximate surface area is 513 Å². The van der Waals surface area contributed by atoms with Crippen molar-refractivity contribution in [1.82, 2.24) is 4.98 Å². The first kappa shape index (κ1) is 97.4. The third-order valence-electron chi connectivity index (χ3n) is 8.41. The fraction of sp³-hybridized carbons (Fsp3) is 0.821. The van der Waals surface area contributed by atoms with E-state index in [1.807, 2.05) is 18.2 Å². The minimum absolute atomic E-state index is 0. The Morgan fingerprint density at radius 3 is 1.14 bits per heavy atom. The maximum Gasteiger partial charge on any atom is 1.00 e. The molecule has 0 aliphatic rings. The van der Waals surface area contributed by atoms with E-state index in [0.29, 0.717) is 13.2 Å². The molecule has 0 aliphatic carbocycles. The van der Waals surface area contributed by atoms with Gasteiger partial charge in [-0.2, -0.15) is 8.42 Å². The SMILES string of the molecule is C=CCO[Si](C)(C)C.CO.CS(=O)(=O)Cl.C[SiH](C)O[SiH3].C[Si](C)(C)OCCC[Si](C)(C)O[SiH3].C[Si](C)(CCCBr)O[SiH3].C[Si](C)(CCCO)O[SiH3].C[Si](C)(CCCOS(C)(=O)=O)O[SiH3].[Br-].[Na+].c1ccncc1. The minimum atomic E-state index is -3.27. The molecule has 0 spiro atoms. The summed E-state index contributed by atoms with van der Waals surface area (Å²) in [6.07, 6.45) is 11.4. The van der Waals surface area contributed by atoms with E-state index in [-0.39, 0.29) is 53.1 Å². The van der Waals surface area contributed by atoms with Crippen molar-refractivity contribution in [1.29, 1.82) is 0 Å². The molecule has 1 aromatic rings. The third-order valence-corrected chi connectivity index (χ3v) is 39.4. The summed E-state index contributed by atoms with van der Waals surface area (Å²) in [5.41, 5.74) is 0. The normalized spacial score (nSPS) is 11.5. The third kappa shape index (κ3) is 121. The molecule has 72 heavy (non-hydrogen) atoms. The van der Waals surface area contributed by atoms with Crippen LogP contribution in [0.15, 0.2) is 43.2 Å². The van der Waals surface area contributed by atoms with E-state index in [9.17, 15) is 16.8 Å². The summed E-state index contributed by atoms with van der Waals surface area (Å²) >= 11 is 3.41. The Hall–Kier alpha value is 3.24. The van der Waals surface area contributed by atoms with Crippen molar-refractivity contribution in [3.63, 3.8) is 0 Å². The molecule has 0 unspecified atom stereocenters. The monoisotopic (exact) mass is 1430 g/mol. The van der Waals surface area contributed by atoms with Crippen molar-refractivity contribution in [2.24, 2.45) is 0 Å². The first-order valence-electron chi connectivity index (χ1n) is 23.4. The number of hydrogen-bond donors (Lipinski definition) is 2. The zero-order chi connectivity index (χ0) is 57.4. The zero-order valence-electron chi connectivity index (χ0n) is 50.1. The quantitative estimate of drug-likeness (QED) is 0.0316. The van der Waals surface area contributed by atoms with Gasteiger partial charge in [-0.3, -0.25) is 9.17 Å². The van der Waals surface area contributed by atoms with E-state index in [1.165, 1.54) is 24.9 Å². The minimum Gasteiger partial charge on any atom is -1.00 e. The number of halogens is 3. The van der Waals surface area contributed by atoms with Gasteiger partial charge in [-0.25, -0.2) is 8.42 Å². The van der Waals surface area contributed by atoms with Gasteiger partial charge in [0.15, 0.2) is 58.9 Å². The van der Waals surface area contributed by atoms with Gasteiger partial charge in [0, 0.05) is 48.7 Å². The predicted molar refractivity (Wildman–Crippen MR) is 345 cm³/mol. The van der Waals surface area contributed by atoms with Gasteiger partial charge in [0.2, 0.25) is 9.05 Å². The van der Waals surface area contributed by atoms with Crippen molar-refractivity contribution in [3.8, 4) is 0 Å².